The summed E-state index contributed by atoms with van der Waals surface area (Å²) in [5.41, 5.74) is 0.962. The largest absolute Gasteiger partial charge is 0.465 e. The number of esters is 1. The van der Waals surface area contributed by atoms with Crippen LogP contribution in [0.3, 0.4) is 0 Å². The van der Waals surface area contributed by atoms with E-state index in [0.717, 1.165) is 16.1 Å². The monoisotopic (exact) mass is 350 g/mol. The summed E-state index contributed by atoms with van der Waals surface area (Å²) in [7, 11) is 1.24. The van der Waals surface area contributed by atoms with Gasteiger partial charge in [0.15, 0.2) is 11.6 Å². The van der Waals surface area contributed by atoms with E-state index in [0.29, 0.717) is 5.75 Å². The third-order valence-electron chi connectivity index (χ3n) is 2.77. The van der Waals surface area contributed by atoms with E-state index in [9.17, 15) is 9.18 Å². The highest BCUT2D eigenvalue weighted by Gasteiger charge is 2.11. The number of benzene rings is 2. The van der Waals surface area contributed by atoms with Crippen LogP contribution in [0.5, 0.6) is 11.5 Å². The van der Waals surface area contributed by atoms with Crippen LogP contribution in [0.15, 0.2) is 47.4 Å². The fourth-order valence-electron chi connectivity index (χ4n) is 1.70. The van der Waals surface area contributed by atoms with Crippen LogP contribution in [-0.4, -0.2) is 13.1 Å². The van der Waals surface area contributed by atoms with Gasteiger partial charge in [-0.25, -0.2) is 9.18 Å². The lowest BCUT2D eigenvalue weighted by Gasteiger charge is -2.09. The van der Waals surface area contributed by atoms with Gasteiger partial charge in [0.25, 0.3) is 0 Å². The molecule has 5 heteroatoms. The molecule has 0 saturated heterocycles. The molecule has 0 unspecified atom stereocenters. The van der Waals surface area contributed by atoms with Gasteiger partial charge < -0.3 is 9.47 Å². The maximum absolute atomic E-state index is 13.9. The smallest absolute Gasteiger partial charge is 0.337 e. The van der Waals surface area contributed by atoms with Gasteiger partial charge in [0.05, 0.1) is 12.7 Å². The number of carbonyl (C=O) groups is 1. The zero-order valence-electron chi connectivity index (χ0n) is 11.2. The summed E-state index contributed by atoms with van der Waals surface area (Å²) in [5.74, 6) is -0.739. The van der Waals surface area contributed by atoms with Crippen molar-refractivity contribution in [2.24, 2.45) is 0 Å². The molecule has 0 saturated carbocycles. The van der Waals surface area contributed by atoms with Gasteiger partial charge in [-0.15, -0.1) is 0 Å². The van der Waals surface area contributed by atoms with Gasteiger partial charge in [-0.3, -0.25) is 0 Å². The molecule has 2 rings (SSSR count). The number of methoxy groups -OCH3 is 1. The van der Waals surface area contributed by atoms with E-state index in [1.807, 2.05) is 0 Å². The van der Waals surface area contributed by atoms with Crippen LogP contribution in [0, 0.1) is 5.82 Å². The van der Waals surface area contributed by atoms with Gasteiger partial charge in [-0.05, 0) is 42.0 Å². The SMILES string of the molecule is C=Cc1cc(Oc2ccc(C(=O)OC)cc2F)ccc1Br. The van der Waals surface area contributed by atoms with Crippen molar-refractivity contribution in [2.75, 3.05) is 7.11 Å². The summed E-state index contributed by atoms with van der Waals surface area (Å²) in [4.78, 5) is 11.3. The number of ether oxygens (including phenoxy) is 2. The van der Waals surface area contributed by atoms with Gasteiger partial charge in [-0.1, -0.05) is 28.6 Å². The van der Waals surface area contributed by atoms with Gasteiger partial charge in [0, 0.05) is 4.47 Å². The molecular formula is C16H12BrFO3. The Labute approximate surface area is 130 Å². The predicted octanol–water partition coefficient (Wildman–Crippen LogP) is 4.81. The summed E-state index contributed by atoms with van der Waals surface area (Å²) < 4.78 is 24.8. The van der Waals surface area contributed by atoms with Crippen LogP contribution in [0.1, 0.15) is 15.9 Å². The average Bonchev–Trinajstić information content (AvgIpc) is 2.50. The van der Waals surface area contributed by atoms with E-state index in [4.69, 9.17) is 4.74 Å². The van der Waals surface area contributed by atoms with Gasteiger partial charge >= 0.3 is 5.97 Å². The Kier molecular flexibility index (Phi) is 4.75. The standard InChI is InChI=1S/C16H12BrFO3/c1-3-10-8-12(5-6-13(10)17)21-15-7-4-11(9-14(15)18)16(19)20-2/h3-9H,1H2,2H3. The molecule has 0 bridgehead atoms. The molecule has 2 aromatic carbocycles. The highest BCUT2D eigenvalue weighted by atomic mass is 79.9. The molecule has 0 radical (unpaired) electrons. The second-order valence-electron chi connectivity index (χ2n) is 4.13. The van der Waals surface area contributed by atoms with Crippen LogP contribution in [0.2, 0.25) is 0 Å². The lowest BCUT2D eigenvalue weighted by atomic mass is 10.2. The molecule has 3 nitrogen and oxygen atoms in total. The zero-order valence-corrected chi connectivity index (χ0v) is 12.8. The summed E-state index contributed by atoms with van der Waals surface area (Å²) in [6.07, 6.45) is 1.66. The molecule has 0 aromatic heterocycles. The predicted molar refractivity (Wildman–Crippen MR) is 82.0 cm³/mol. The Bertz CT molecular complexity index is 698. The third kappa shape index (κ3) is 3.49. The zero-order chi connectivity index (χ0) is 15.4. The molecule has 0 aliphatic rings. The highest BCUT2D eigenvalue weighted by molar-refractivity contribution is 9.10. The fourth-order valence-corrected chi connectivity index (χ4v) is 2.11. The first-order valence-corrected chi connectivity index (χ1v) is 6.82. The lowest BCUT2D eigenvalue weighted by molar-refractivity contribution is 0.0600. The van der Waals surface area contributed by atoms with Crippen LogP contribution in [-0.2, 0) is 4.74 Å². The number of halogens is 2. The van der Waals surface area contributed by atoms with Crippen molar-refractivity contribution in [2.45, 2.75) is 0 Å². The van der Waals surface area contributed by atoms with Gasteiger partial charge in [-0.2, -0.15) is 0 Å². The first-order chi connectivity index (χ1) is 10.0. The van der Waals surface area contributed by atoms with E-state index >= 15 is 0 Å². The summed E-state index contributed by atoms with van der Waals surface area (Å²) >= 11 is 3.37. The van der Waals surface area contributed by atoms with Crippen molar-refractivity contribution in [1.29, 1.82) is 0 Å². The third-order valence-corrected chi connectivity index (χ3v) is 3.49. The van der Waals surface area contributed by atoms with Crippen molar-refractivity contribution in [3.05, 3.63) is 64.4 Å². The van der Waals surface area contributed by atoms with E-state index in [2.05, 4.69) is 27.2 Å². The summed E-state index contributed by atoms with van der Waals surface area (Å²) in [5, 5.41) is 0. The molecule has 0 aliphatic carbocycles. The van der Waals surface area contributed by atoms with Gasteiger partial charge in [0.2, 0.25) is 0 Å². The van der Waals surface area contributed by atoms with E-state index in [1.54, 1.807) is 24.3 Å². The molecule has 2 aromatic rings. The Balaban J connectivity index is 2.28. The van der Waals surface area contributed by atoms with Crippen molar-refractivity contribution < 1.29 is 18.7 Å². The second kappa shape index (κ2) is 6.54. The summed E-state index contributed by atoms with van der Waals surface area (Å²) in [6, 6.07) is 9.12. The molecular weight excluding hydrogens is 339 g/mol. The van der Waals surface area contributed by atoms with E-state index < -0.39 is 11.8 Å². The maximum atomic E-state index is 13.9. The molecule has 0 atom stereocenters. The van der Waals surface area contributed by atoms with E-state index in [1.165, 1.54) is 19.2 Å². The molecule has 0 N–H and O–H groups in total. The molecule has 0 amide bonds. The van der Waals surface area contributed by atoms with Crippen molar-refractivity contribution in [1.82, 2.24) is 0 Å². The quantitative estimate of drug-likeness (QED) is 0.742. The Morgan fingerprint density at radius 2 is 2.05 bits per heavy atom. The van der Waals surface area contributed by atoms with Crippen LogP contribution in [0.4, 0.5) is 4.39 Å². The Morgan fingerprint density at radius 1 is 1.29 bits per heavy atom. The van der Waals surface area contributed by atoms with Crippen molar-refractivity contribution in [3.63, 3.8) is 0 Å². The van der Waals surface area contributed by atoms with Crippen molar-refractivity contribution >= 4 is 28.0 Å². The molecule has 0 heterocycles. The number of hydrogen-bond donors (Lipinski definition) is 0. The van der Waals surface area contributed by atoms with Crippen LogP contribution >= 0.6 is 15.9 Å². The number of rotatable bonds is 4. The highest BCUT2D eigenvalue weighted by Crippen LogP contribution is 2.29. The average molecular weight is 351 g/mol. The normalized spacial score (nSPS) is 10.0. The molecule has 0 aliphatic heterocycles. The van der Waals surface area contributed by atoms with Crippen LogP contribution < -0.4 is 4.74 Å². The Hall–Kier alpha value is -2.14. The lowest BCUT2D eigenvalue weighted by Crippen LogP contribution is -2.02. The first kappa shape index (κ1) is 15.3. The minimum atomic E-state index is -0.638. The van der Waals surface area contributed by atoms with E-state index in [-0.39, 0.29) is 11.3 Å². The Morgan fingerprint density at radius 3 is 2.67 bits per heavy atom. The molecule has 21 heavy (non-hydrogen) atoms. The fraction of sp³-hybridized carbons (Fsp3) is 0.0625. The minimum absolute atomic E-state index is 0.0278. The van der Waals surface area contributed by atoms with Gasteiger partial charge in [0.1, 0.15) is 5.75 Å². The molecule has 108 valence electrons. The summed E-state index contributed by atoms with van der Waals surface area (Å²) in [6.45, 7) is 3.69. The van der Waals surface area contributed by atoms with Crippen LogP contribution in [0.25, 0.3) is 6.08 Å². The topological polar surface area (TPSA) is 35.5 Å². The number of hydrogen-bond acceptors (Lipinski definition) is 3. The second-order valence-corrected chi connectivity index (χ2v) is 4.98. The number of carbonyl (C=O) groups excluding carboxylic acids is 1. The molecule has 0 fully saturated rings. The molecule has 0 spiro atoms. The first-order valence-electron chi connectivity index (χ1n) is 6.03. The maximum Gasteiger partial charge on any atom is 0.337 e. The van der Waals surface area contributed by atoms with Crippen molar-refractivity contribution in [3.8, 4) is 11.5 Å². The minimum Gasteiger partial charge on any atom is -0.465 e.